The maximum absolute atomic E-state index is 12.7. The number of anilines is 1. The Kier molecular flexibility index (Phi) is 5.46. The molecule has 3 nitrogen and oxygen atoms in total. The van der Waals surface area contributed by atoms with Gasteiger partial charge in [-0.1, -0.05) is 45.8 Å². The molecule has 1 aliphatic heterocycles. The number of rotatable bonds is 4. The van der Waals surface area contributed by atoms with Crippen molar-refractivity contribution in [2.45, 2.75) is 26.2 Å². The summed E-state index contributed by atoms with van der Waals surface area (Å²) in [6, 6.07) is 15.8. The molecule has 124 valence electrons. The summed E-state index contributed by atoms with van der Waals surface area (Å²) in [6.07, 6.45) is 3.20. The van der Waals surface area contributed by atoms with Gasteiger partial charge in [0.05, 0.1) is 6.54 Å². The number of benzene rings is 2. The third-order valence-corrected chi connectivity index (χ3v) is 4.76. The normalized spacial score (nSPS) is 14.2. The summed E-state index contributed by atoms with van der Waals surface area (Å²) in [5.74, 6) is 1.13. The molecule has 0 spiro atoms. The molecule has 0 saturated carbocycles. The summed E-state index contributed by atoms with van der Waals surface area (Å²) in [5, 5.41) is 0. The number of Topliss-reactive ketones (excluding diaryl/α,β-unsaturated/α-hetero) is 1. The van der Waals surface area contributed by atoms with Gasteiger partial charge in [0, 0.05) is 28.7 Å². The highest BCUT2D eigenvalue weighted by molar-refractivity contribution is 9.10. The largest absolute Gasteiger partial charge is 0.322 e. The number of carbonyl (C=O) groups excluding carboxylic acids is 1. The number of nitrogens with zero attached hydrogens (tertiary/aromatic N) is 2. The van der Waals surface area contributed by atoms with Gasteiger partial charge in [-0.15, -0.1) is 0 Å². The first-order chi connectivity index (χ1) is 11.6. The number of carbonyl (C=O) groups is 1. The first-order valence-corrected chi connectivity index (χ1v) is 9.09. The Morgan fingerprint density at radius 2 is 1.79 bits per heavy atom. The minimum absolute atomic E-state index is 0.108. The van der Waals surface area contributed by atoms with Crippen molar-refractivity contribution in [1.82, 2.24) is 0 Å². The Labute approximate surface area is 151 Å². The van der Waals surface area contributed by atoms with Crippen LogP contribution in [0, 0.1) is 6.92 Å². The highest BCUT2D eigenvalue weighted by Crippen LogP contribution is 2.21. The molecule has 0 aromatic heterocycles. The molecule has 1 heterocycles. The van der Waals surface area contributed by atoms with E-state index in [-0.39, 0.29) is 5.78 Å². The molecule has 2 aromatic rings. The van der Waals surface area contributed by atoms with E-state index in [1.165, 1.54) is 5.56 Å². The minimum atomic E-state index is 0.108. The van der Waals surface area contributed by atoms with E-state index in [4.69, 9.17) is 0 Å². The smallest absolute Gasteiger partial charge is 0.182 e. The molecule has 24 heavy (non-hydrogen) atoms. The second-order valence-electron chi connectivity index (χ2n) is 6.11. The van der Waals surface area contributed by atoms with Gasteiger partial charge in [-0.25, -0.2) is 0 Å². The van der Waals surface area contributed by atoms with Crippen molar-refractivity contribution in [1.29, 1.82) is 0 Å². The number of aryl methyl sites for hydroxylation is 1. The lowest BCUT2D eigenvalue weighted by Gasteiger charge is -2.28. The Morgan fingerprint density at radius 1 is 1.08 bits per heavy atom. The van der Waals surface area contributed by atoms with E-state index < -0.39 is 0 Å². The lowest BCUT2D eigenvalue weighted by atomic mass is 10.1. The van der Waals surface area contributed by atoms with Crippen molar-refractivity contribution in [2.75, 3.05) is 18.0 Å². The van der Waals surface area contributed by atoms with Gasteiger partial charge >= 0.3 is 0 Å². The van der Waals surface area contributed by atoms with Crippen LogP contribution in [0.3, 0.4) is 0 Å². The fourth-order valence-electron chi connectivity index (χ4n) is 2.83. The van der Waals surface area contributed by atoms with Crippen LogP contribution in [0.2, 0.25) is 0 Å². The van der Waals surface area contributed by atoms with Crippen LogP contribution in [0.5, 0.6) is 0 Å². The van der Waals surface area contributed by atoms with Crippen molar-refractivity contribution >= 4 is 33.2 Å². The van der Waals surface area contributed by atoms with E-state index in [0.717, 1.165) is 47.4 Å². The summed E-state index contributed by atoms with van der Waals surface area (Å²) in [4.78, 5) is 19.5. The fourth-order valence-corrected chi connectivity index (χ4v) is 3.09. The van der Waals surface area contributed by atoms with Crippen LogP contribution in [-0.2, 0) is 0 Å². The number of halogens is 1. The molecule has 0 saturated heterocycles. The van der Waals surface area contributed by atoms with Crippen molar-refractivity contribution in [2.24, 2.45) is 4.99 Å². The van der Waals surface area contributed by atoms with E-state index >= 15 is 0 Å². The van der Waals surface area contributed by atoms with Gasteiger partial charge in [-0.2, -0.15) is 0 Å². The van der Waals surface area contributed by atoms with Gasteiger partial charge in [0.1, 0.15) is 5.84 Å². The average Bonchev–Trinajstić information content (AvgIpc) is 2.62. The van der Waals surface area contributed by atoms with Crippen molar-refractivity contribution in [3.05, 3.63) is 64.1 Å². The number of amidine groups is 1. The van der Waals surface area contributed by atoms with Crippen LogP contribution in [-0.4, -0.2) is 24.7 Å². The monoisotopic (exact) mass is 384 g/mol. The predicted octanol–water partition coefficient (Wildman–Crippen LogP) is 5.03. The third kappa shape index (κ3) is 4.12. The van der Waals surface area contributed by atoms with Gasteiger partial charge in [-0.05, 0) is 44.0 Å². The van der Waals surface area contributed by atoms with E-state index in [0.29, 0.717) is 6.54 Å². The average molecular weight is 385 g/mol. The zero-order valence-corrected chi connectivity index (χ0v) is 15.4. The van der Waals surface area contributed by atoms with Crippen LogP contribution in [0.4, 0.5) is 5.69 Å². The summed E-state index contributed by atoms with van der Waals surface area (Å²) >= 11 is 3.41. The Balaban J connectivity index is 1.86. The number of hydrogen-bond acceptors (Lipinski definition) is 3. The van der Waals surface area contributed by atoms with E-state index in [1.54, 1.807) is 0 Å². The number of ketones is 1. The molecule has 0 atom stereocenters. The molecule has 3 rings (SSSR count). The summed E-state index contributed by atoms with van der Waals surface area (Å²) in [7, 11) is 0. The molecular weight excluding hydrogens is 364 g/mol. The quantitative estimate of drug-likeness (QED) is 0.692. The SMILES string of the molecule is Cc1ccc(N(CC(=O)c2ccc(Br)cc2)C2=NCCCC2)cc1. The first kappa shape index (κ1) is 16.9. The van der Waals surface area contributed by atoms with E-state index in [2.05, 4.69) is 57.0 Å². The van der Waals surface area contributed by atoms with E-state index in [1.807, 2.05) is 24.3 Å². The van der Waals surface area contributed by atoms with Crippen LogP contribution in [0.15, 0.2) is 58.0 Å². The zero-order chi connectivity index (χ0) is 16.9. The number of hydrogen-bond donors (Lipinski definition) is 0. The second-order valence-corrected chi connectivity index (χ2v) is 7.02. The first-order valence-electron chi connectivity index (χ1n) is 8.30. The van der Waals surface area contributed by atoms with Crippen LogP contribution >= 0.6 is 15.9 Å². The van der Waals surface area contributed by atoms with Gasteiger partial charge < -0.3 is 4.90 Å². The van der Waals surface area contributed by atoms with Crippen molar-refractivity contribution in [3.63, 3.8) is 0 Å². The molecule has 0 amide bonds. The Hall–Kier alpha value is -1.94. The van der Waals surface area contributed by atoms with Crippen LogP contribution < -0.4 is 4.90 Å². The van der Waals surface area contributed by atoms with Gasteiger partial charge in [0.2, 0.25) is 0 Å². The summed E-state index contributed by atoms with van der Waals surface area (Å²) in [6.45, 7) is 3.24. The Morgan fingerprint density at radius 3 is 2.42 bits per heavy atom. The number of aliphatic imine (C=N–C) groups is 1. The van der Waals surface area contributed by atoms with Gasteiger partial charge in [0.25, 0.3) is 0 Å². The molecule has 0 N–H and O–H groups in total. The standard InChI is InChI=1S/C20H21BrN2O/c1-15-5-11-18(12-6-15)23(20-4-2-3-13-22-20)14-19(24)16-7-9-17(21)10-8-16/h5-12H,2-4,13-14H2,1H3. The lowest BCUT2D eigenvalue weighted by molar-refractivity contribution is 0.100. The predicted molar refractivity (Wildman–Crippen MR) is 103 cm³/mol. The molecule has 4 heteroatoms. The molecule has 2 aromatic carbocycles. The molecule has 0 aliphatic carbocycles. The molecule has 0 fully saturated rings. The van der Waals surface area contributed by atoms with Crippen molar-refractivity contribution < 1.29 is 4.79 Å². The topological polar surface area (TPSA) is 32.7 Å². The van der Waals surface area contributed by atoms with Gasteiger partial charge in [-0.3, -0.25) is 9.79 Å². The maximum atomic E-state index is 12.7. The highest BCUT2D eigenvalue weighted by atomic mass is 79.9. The Bertz CT molecular complexity index is 735. The van der Waals surface area contributed by atoms with Crippen LogP contribution in [0.25, 0.3) is 0 Å². The molecular formula is C20H21BrN2O. The minimum Gasteiger partial charge on any atom is -0.322 e. The molecule has 0 bridgehead atoms. The molecule has 1 aliphatic rings. The molecule has 0 unspecified atom stereocenters. The second kappa shape index (κ2) is 7.75. The van der Waals surface area contributed by atoms with Gasteiger partial charge in [0.15, 0.2) is 5.78 Å². The zero-order valence-electron chi connectivity index (χ0n) is 13.8. The van der Waals surface area contributed by atoms with Crippen LogP contribution in [0.1, 0.15) is 35.2 Å². The molecule has 0 radical (unpaired) electrons. The van der Waals surface area contributed by atoms with Crippen molar-refractivity contribution in [3.8, 4) is 0 Å². The fraction of sp³-hybridized carbons (Fsp3) is 0.300. The highest BCUT2D eigenvalue weighted by Gasteiger charge is 2.19. The third-order valence-electron chi connectivity index (χ3n) is 4.23. The van der Waals surface area contributed by atoms with E-state index in [9.17, 15) is 4.79 Å². The summed E-state index contributed by atoms with van der Waals surface area (Å²) < 4.78 is 0.978. The maximum Gasteiger partial charge on any atom is 0.182 e. The lowest BCUT2D eigenvalue weighted by Crippen LogP contribution is -2.37. The summed E-state index contributed by atoms with van der Waals surface area (Å²) in [5.41, 5.74) is 2.97.